The summed E-state index contributed by atoms with van der Waals surface area (Å²) in [4.78, 5) is 23.5. The summed E-state index contributed by atoms with van der Waals surface area (Å²) in [5, 5.41) is 9.59. The Labute approximate surface area is 230 Å². The molecule has 1 aliphatic rings. The van der Waals surface area contributed by atoms with E-state index in [2.05, 4.69) is 38.5 Å². The molecule has 1 aliphatic heterocycles. The lowest BCUT2D eigenvalue weighted by atomic mass is 10.1. The van der Waals surface area contributed by atoms with Crippen LogP contribution < -0.4 is 20.9 Å². The van der Waals surface area contributed by atoms with Crippen LogP contribution in [0.4, 0.5) is 38.8 Å². The first-order valence-corrected chi connectivity index (χ1v) is 12.7. The fraction of sp³-hybridized carbons (Fsp3) is 0.138. The van der Waals surface area contributed by atoms with Crippen LogP contribution in [0.25, 0.3) is 11.3 Å². The topological polar surface area (TPSA) is 91.4 Å². The molecule has 198 valence electrons. The van der Waals surface area contributed by atoms with Crippen LogP contribution in [0.15, 0.2) is 85.6 Å². The normalized spacial score (nSPS) is 13.0. The quantitative estimate of drug-likeness (QED) is 0.222. The molecule has 0 unspecified atom stereocenters. The summed E-state index contributed by atoms with van der Waals surface area (Å²) >= 11 is 6.40. The van der Waals surface area contributed by atoms with Crippen molar-refractivity contribution in [2.24, 2.45) is 0 Å². The van der Waals surface area contributed by atoms with E-state index in [0.717, 1.165) is 24.5 Å². The molecule has 3 aromatic carbocycles. The SMILES string of the molecule is C=CC(=O)Nc1cc(Cl)cc(-c2nc(Nc3cccc(N4CCOCC4)c3)ncc2Nc2cccc(F)c2)c1. The van der Waals surface area contributed by atoms with Crippen molar-refractivity contribution < 1.29 is 13.9 Å². The number of hydrogen-bond acceptors (Lipinski definition) is 7. The second-order valence-corrected chi connectivity index (χ2v) is 9.22. The van der Waals surface area contributed by atoms with Gasteiger partial charge in [0.15, 0.2) is 0 Å². The Morgan fingerprint density at radius 2 is 1.77 bits per heavy atom. The third-order valence-electron chi connectivity index (χ3n) is 6.00. The van der Waals surface area contributed by atoms with Gasteiger partial charge >= 0.3 is 0 Å². The number of morpholine rings is 1. The van der Waals surface area contributed by atoms with Crippen molar-refractivity contribution in [3.05, 3.63) is 96.4 Å². The molecule has 39 heavy (non-hydrogen) atoms. The third kappa shape index (κ3) is 6.70. The first kappa shape index (κ1) is 26.1. The number of hydrogen-bond donors (Lipinski definition) is 3. The van der Waals surface area contributed by atoms with Crippen LogP contribution >= 0.6 is 11.6 Å². The van der Waals surface area contributed by atoms with Gasteiger partial charge in [0.05, 0.1) is 30.8 Å². The maximum absolute atomic E-state index is 13.9. The van der Waals surface area contributed by atoms with Crippen LogP contribution in [0.1, 0.15) is 0 Å². The molecule has 4 aromatic rings. The molecule has 10 heteroatoms. The van der Waals surface area contributed by atoms with Crippen molar-refractivity contribution in [1.29, 1.82) is 0 Å². The number of aromatic nitrogens is 2. The number of ether oxygens (including phenoxy) is 1. The maximum atomic E-state index is 13.9. The van der Waals surface area contributed by atoms with E-state index in [-0.39, 0.29) is 11.7 Å². The van der Waals surface area contributed by atoms with E-state index < -0.39 is 0 Å². The molecule has 0 atom stereocenters. The number of carbonyl (C=O) groups is 1. The summed E-state index contributed by atoms with van der Waals surface area (Å²) in [6.07, 6.45) is 2.79. The molecule has 0 saturated carbocycles. The van der Waals surface area contributed by atoms with E-state index >= 15 is 0 Å². The van der Waals surface area contributed by atoms with Crippen LogP contribution in [0.5, 0.6) is 0 Å². The summed E-state index contributed by atoms with van der Waals surface area (Å²) in [6.45, 7) is 6.52. The first-order valence-electron chi connectivity index (χ1n) is 12.3. The third-order valence-corrected chi connectivity index (χ3v) is 6.21. The standard InChI is InChI=1S/C29H26ClFN6O2/c1-2-27(38)34-24-14-19(13-20(30)15-24)28-26(33-22-6-3-5-21(31)16-22)18-32-29(36-28)35-23-7-4-8-25(17-23)37-9-11-39-12-10-37/h2-8,13-18,33H,1,9-12H2,(H,34,38)(H,32,35,36). The van der Waals surface area contributed by atoms with Crippen molar-refractivity contribution in [2.75, 3.05) is 47.2 Å². The van der Waals surface area contributed by atoms with Crippen LogP contribution in [0, 0.1) is 5.82 Å². The van der Waals surface area contributed by atoms with E-state index in [9.17, 15) is 9.18 Å². The number of halogens is 2. The second-order valence-electron chi connectivity index (χ2n) is 8.79. The summed E-state index contributed by atoms with van der Waals surface area (Å²) in [5.41, 5.74) is 4.54. The zero-order valence-corrected chi connectivity index (χ0v) is 21.7. The van der Waals surface area contributed by atoms with E-state index in [1.54, 1.807) is 36.5 Å². The van der Waals surface area contributed by atoms with Crippen molar-refractivity contribution >= 4 is 51.9 Å². The Kier molecular flexibility index (Phi) is 8.00. The lowest BCUT2D eigenvalue weighted by molar-refractivity contribution is -0.111. The van der Waals surface area contributed by atoms with Gasteiger partial charge in [-0.3, -0.25) is 4.79 Å². The minimum absolute atomic E-state index is 0.352. The van der Waals surface area contributed by atoms with Gasteiger partial charge < -0.3 is 25.6 Å². The fourth-order valence-electron chi connectivity index (χ4n) is 4.20. The van der Waals surface area contributed by atoms with Gasteiger partial charge in [0.2, 0.25) is 11.9 Å². The predicted octanol–water partition coefficient (Wildman–Crippen LogP) is 6.38. The molecule has 2 heterocycles. The predicted molar refractivity (Wildman–Crippen MR) is 154 cm³/mol. The number of nitrogens with one attached hydrogen (secondary N) is 3. The van der Waals surface area contributed by atoms with Gasteiger partial charge in [0.25, 0.3) is 0 Å². The molecule has 0 spiro atoms. The molecule has 1 amide bonds. The van der Waals surface area contributed by atoms with Crippen molar-refractivity contribution in [3.63, 3.8) is 0 Å². The lowest BCUT2D eigenvalue weighted by Crippen LogP contribution is -2.36. The van der Waals surface area contributed by atoms with Gasteiger partial charge in [0, 0.05) is 46.4 Å². The van der Waals surface area contributed by atoms with Gasteiger partial charge in [-0.05, 0) is 60.7 Å². The lowest BCUT2D eigenvalue weighted by Gasteiger charge is -2.29. The van der Waals surface area contributed by atoms with Crippen LogP contribution in [-0.4, -0.2) is 42.2 Å². The second kappa shape index (κ2) is 11.9. The van der Waals surface area contributed by atoms with Gasteiger partial charge in [-0.15, -0.1) is 0 Å². The average Bonchev–Trinajstić information content (AvgIpc) is 2.94. The Balaban J connectivity index is 1.51. The molecule has 8 nitrogen and oxygen atoms in total. The number of rotatable bonds is 8. The summed E-state index contributed by atoms with van der Waals surface area (Å²) < 4.78 is 19.3. The molecule has 0 aliphatic carbocycles. The van der Waals surface area contributed by atoms with Gasteiger partial charge in [-0.25, -0.2) is 14.4 Å². The summed E-state index contributed by atoms with van der Waals surface area (Å²) in [5.74, 6) is -0.393. The average molecular weight is 545 g/mol. The minimum Gasteiger partial charge on any atom is -0.378 e. The fourth-order valence-corrected chi connectivity index (χ4v) is 4.43. The molecular formula is C29H26ClFN6O2. The Morgan fingerprint density at radius 1 is 1.00 bits per heavy atom. The number of anilines is 6. The van der Waals surface area contributed by atoms with Crippen molar-refractivity contribution in [1.82, 2.24) is 9.97 Å². The molecule has 1 fully saturated rings. The molecule has 5 rings (SSSR count). The summed E-state index contributed by atoms with van der Waals surface area (Å²) in [7, 11) is 0. The monoisotopic (exact) mass is 544 g/mol. The van der Waals surface area contributed by atoms with E-state index in [4.69, 9.17) is 21.3 Å². The van der Waals surface area contributed by atoms with E-state index in [0.29, 0.717) is 52.5 Å². The minimum atomic E-state index is -0.377. The highest BCUT2D eigenvalue weighted by Gasteiger charge is 2.15. The Morgan fingerprint density at radius 3 is 2.54 bits per heavy atom. The van der Waals surface area contributed by atoms with Crippen molar-refractivity contribution in [3.8, 4) is 11.3 Å². The zero-order chi connectivity index (χ0) is 27.2. The van der Waals surface area contributed by atoms with Gasteiger partial charge in [-0.1, -0.05) is 30.3 Å². The number of amides is 1. The largest absolute Gasteiger partial charge is 0.378 e. The molecule has 0 radical (unpaired) electrons. The molecule has 1 saturated heterocycles. The maximum Gasteiger partial charge on any atom is 0.247 e. The van der Waals surface area contributed by atoms with Crippen LogP contribution in [-0.2, 0) is 9.53 Å². The molecule has 1 aromatic heterocycles. The zero-order valence-electron chi connectivity index (χ0n) is 21.0. The van der Waals surface area contributed by atoms with E-state index in [1.807, 2.05) is 18.2 Å². The van der Waals surface area contributed by atoms with Gasteiger partial charge in [-0.2, -0.15) is 0 Å². The molecule has 3 N–H and O–H groups in total. The number of carbonyl (C=O) groups excluding carboxylic acids is 1. The highest BCUT2D eigenvalue weighted by Crippen LogP contribution is 2.34. The summed E-state index contributed by atoms with van der Waals surface area (Å²) in [6, 6.07) is 19.2. The smallest absolute Gasteiger partial charge is 0.247 e. The number of benzene rings is 3. The first-order chi connectivity index (χ1) is 19.0. The number of nitrogens with zero attached hydrogens (tertiary/aromatic N) is 3. The highest BCUT2D eigenvalue weighted by atomic mass is 35.5. The molecular weight excluding hydrogens is 519 g/mol. The van der Waals surface area contributed by atoms with Crippen LogP contribution in [0.2, 0.25) is 5.02 Å². The van der Waals surface area contributed by atoms with E-state index in [1.165, 1.54) is 18.2 Å². The van der Waals surface area contributed by atoms with Crippen LogP contribution in [0.3, 0.4) is 0 Å². The Hall–Kier alpha value is -4.47. The highest BCUT2D eigenvalue weighted by molar-refractivity contribution is 6.31. The Bertz CT molecular complexity index is 1510. The van der Waals surface area contributed by atoms with Gasteiger partial charge in [0.1, 0.15) is 5.82 Å². The van der Waals surface area contributed by atoms with Crippen molar-refractivity contribution in [2.45, 2.75) is 0 Å². The molecule has 0 bridgehead atoms.